The summed E-state index contributed by atoms with van der Waals surface area (Å²) in [7, 11) is 0. The fraction of sp³-hybridized carbons (Fsp3) is 0.696. The van der Waals surface area contributed by atoms with E-state index >= 15 is 0 Å². The first-order valence-corrected chi connectivity index (χ1v) is 11.2. The molecule has 0 aliphatic carbocycles. The zero-order valence-corrected chi connectivity index (χ0v) is 19.2. The molecule has 0 aliphatic rings. The maximum atomic E-state index is 5.93. The molecule has 6 heteroatoms. The van der Waals surface area contributed by atoms with Gasteiger partial charge in [0.05, 0.1) is 13.2 Å². The summed E-state index contributed by atoms with van der Waals surface area (Å²) in [5, 5.41) is 6.78. The van der Waals surface area contributed by atoms with Crippen molar-refractivity contribution in [1.29, 1.82) is 0 Å². The Morgan fingerprint density at radius 2 is 1.83 bits per heavy atom. The lowest BCUT2D eigenvalue weighted by atomic mass is 10.1. The molecule has 0 spiro atoms. The van der Waals surface area contributed by atoms with Crippen LogP contribution in [0.2, 0.25) is 0 Å². The van der Waals surface area contributed by atoms with Crippen LogP contribution in [-0.4, -0.2) is 63.4 Å². The van der Waals surface area contributed by atoms with Gasteiger partial charge in [0.2, 0.25) is 0 Å². The van der Waals surface area contributed by atoms with E-state index in [1.807, 2.05) is 6.92 Å². The third kappa shape index (κ3) is 11.1. The number of ether oxygens (including phenoxy) is 2. The van der Waals surface area contributed by atoms with Gasteiger partial charge < -0.3 is 25.0 Å². The van der Waals surface area contributed by atoms with E-state index in [0.29, 0.717) is 26.4 Å². The minimum atomic E-state index is 0.554. The third-order valence-corrected chi connectivity index (χ3v) is 4.75. The Morgan fingerprint density at radius 1 is 1.03 bits per heavy atom. The highest BCUT2D eigenvalue weighted by molar-refractivity contribution is 5.79. The van der Waals surface area contributed by atoms with Gasteiger partial charge in [-0.3, -0.25) is 0 Å². The lowest BCUT2D eigenvalue weighted by Crippen LogP contribution is -2.38. The highest BCUT2D eigenvalue weighted by atomic mass is 16.5. The molecule has 2 N–H and O–H groups in total. The molecule has 0 fully saturated rings. The van der Waals surface area contributed by atoms with E-state index in [1.165, 1.54) is 12.0 Å². The van der Waals surface area contributed by atoms with E-state index in [4.69, 9.17) is 14.5 Å². The van der Waals surface area contributed by atoms with Gasteiger partial charge in [-0.2, -0.15) is 0 Å². The molecular formula is C23H42N4O2. The fourth-order valence-electron chi connectivity index (χ4n) is 2.99. The second-order valence-electron chi connectivity index (χ2n) is 7.01. The smallest absolute Gasteiger partial charge is 0.191 e. The van der Waals surface area contributed by atoms with Crippen molar-refractivity contribution >= 4 is 5.96 Å². The van der Waals surface area contributed by atoms with E-state index in [9.17, 15) is 0 Å². The second-order valence-corrected chi connectivity index (χ2v) is 7.01. The van der Waals surface area contributed by atoms with Gasteiger partial charge in [-0.1, -0.05) is 26.0 Å². The molecule has 0 unspecified atom stereocenters. The Hall–Kier alpha value is -1.79. The van der Waals surface area contributed by atoms with Crippen molar-refractivity contribution in [2.45, 2.75) is 54.0 Å². The van der Waals surface area contributed by atoms with Crippen molar-refractivity contribution in [2.75, 3.05) is 52.5 Å². The lowest BCUT2D eigenvalue weighted by molar-refractivity contribution is 0.110. The Bertz CT molecular complexity index is 574. The molecule has 0 heterocycles. The number of nitrogens with one attached hydrogen (secondary N) is 2. The van der Waals surface area contributed by atoms with Crippen molar-refractivity contribution in [3.63, 3.8) is 0 Å². The molecule has 166 valence electrons. The molecule has 6 nitrogen and oxygen atoms in total. The quantitative estimate of drug-likeness (QED) is 0.265. The fourth-order valence-corrected chi connectivity index (χ4v) is 2.99. The van der Waals surface area contributed by atoms with E-state index in [0.717, 1.165) is 56.4 Å². The lowest BCUT2D eigenvalue weighted by Gasteiger charge is -2.18. The van der Waals surface area contributed by atoms with E-state index in [1.54, 1.807) is 0 Å². The van der Waals surface area contributed by atoms with Crippen LogP contribution in [0.5, 0.6) is 5.75 Å². The summed E-state index contributed by atoms with van der Waals surface area (Å²) in [6, 6.07) is 6.28. The van der Waals surface area contributed by atoms with Crippen LogP contribution in [0.15, 0.2) is 23.2 Å². The Kier molecular flexibility index (Phi) is 14.0. The minimum Gasteiger partial charge on any atom is -0.491 e. The van der Waals surface area contributed by atoms with Crippen LogP contribution >= 0.6 is 0 Å². The maximum absolute atomic E-state index is 5.93. The normalized spacial score (nSPS) is 11.7. The molecule has 1 rings (SSSR count). The van der Waals surface area contributed by atoms with E-state index < -0.39 is 0 Å². The first kappa shape index (κ1) is 25.2. The standard InChI is InChI=1S/C23H42N4O2/c1-6-24-23(25-14-10-11-15-27(7-2)8-3)26-19-21-13-12-20(5)18-22(21)29-17-16-28-9-4/h12-13,18H,6-11,14-17,19H2,1-5H3,(H2,24,25,26). The largest absolute Gasteiger partial charge is 0.491 e. The number of hydrogen-bond acceptors (Lipinski definition) is 4. The van der Waals surface area contributed by atoms with Gasteiger partial charge in [-0.05, 0) is 64.9 Å². The highest BCUT2D eigenvalue weighted by Gasteiger charge is 2.06. The van der Waals surface area contributed by atoms with Gasteiger partial charge in [-0.15, -0.1) is 0 Å². The van der Waals surface area contributed by atoms with Crippen LogP contribution in [0.1, 0.15) is 51.7 Å². The van der Waals surface area contributed by atoms with Gasteiger partial charge in [-0.25, -0.2) is 4.99 Å². The van der Waals surface area contributed by atoms with Gasteiger partial charge >= 0.3 is 0 Å². The minimum absolute atomic E-state index is 0.554. The van der Waals surface area contributed by atoms with Gasteiger partial charge in [0.25, 0.3) is 0 Å². The Morgan fingerprint density at radius 3 is 2.52 bits per heavy atom. The van der Waals surface area contributed by atoms with Crippen LogP contribution in [0.4, 0.5) is 0 Å². The van der Waals surface area contributed by atoms with E-state index in [-0.39, 0.29) is 0 Å². The third-order valence-electron chi connectivity index (χ3n) is 4.75. The molecule has 0 bridgehead atoms. The van der Waals surface area contributed by atoms with Crippen molar-refractivity contribution in [1.82, 2.24) is 15.5 Å². The van der Waals surface area contributed by atoms with Crippen LogP contribution in [0.25, 0.3) is 0 Å². The predicted octanol–water partition coefficient (Wildman–Crippen LogP) is 3.59. The van der Waals surface area contributed by atoms with Gasteiger partial charge in [0, 0.05) is 25.3 Å². The number of nitrogens with zero attached hydrogens (tertiary/aromatic N) is 2. The summed E-state index contributed by atoms with van der Waals surface area (Å²) in [4.78, 5) is 7.22. The average molecular weight is 407 g/mol. The molecule has 1 aromatic carbocycles. The zero-order chi connectivity index (χ0) is 21.3. The molecule has 0 amide bonds. The summed E-state index contributed by atoms with van der Waals surface area (Å²) >= 11 is 0. The monoisotopic (exact) mass is 406 g/mol. The first-order valence-electron chi connectivity index (χ1n) is 11.2. The summed E-state index contributed by atoms with van der Waals surface area (Å²) in [5.74, 6) is 1.75. The predicted molar refractivity (Wildman–Crippen MR) is 123 cm³/mol. The molecule has 0 saturated carbocycles. The SMILES string of the molecule is CCNC(=NCc1ccc(C)cc1OCCOCC)NCCCCN(CC)CC. The number of aliphatic imine (C=N–C) groups is 1. The topological polar surface area (TPSA) is 58.1 Å². The number of unbranched alkanes of at least 4 members (excludes halogenated alkanes) is 1. The molecule has 1 aromatic rings. The van der Waals surface area contributed by atoms with E-state index in [2.05, 4.69) is 61.4 Å². The molecule has 0 atom stereocenters. The van der Waals surface area contributed by atoms with Crippen molar-refractivity contribution in [3.8, 4) is 5.75 Å². The number of benzene rings is 1. The van der Waals surface area contributed by atoms with Crippen molar-refractivity contribution < 1.29 is 9.47 Å². The maximum Gasteiger partial charge on any atom is 0.191 e. The van der Waals surface area contributed by atoms with Crippen LogP contribution < -0.4 is 15.4 Å². The zero-order valence-electron chi connectivity index (χ0n) is 19.2. The summed E-state index contributed by atoms with van der Waals surface area (Å²) < 4.78 is 11.3. The highest BCUT2D eigenvalue weighted by Crippen LogP contribution is 2.21. The van der Waals surface area contributed by atoms with Crippen LogP contribution in [-0.2, 0) is 11.3 Å². The van der Waals surface area contributed by atoms with Crippen LogP contribution in [0, 0.1) is 6.92 Å². The van der Waals surface area contributed by atoms with Gasteiger partial charge in [0.1, 0.15) is 12.4 Å². The van der Waals surface area contributed by atoms with Gasteiger partial charge in [0.15, 0.2) is 5.96 Å². The van der Waals surface area contributed by atoms with Crippen molar-refractivity contribution in [3.05, 3.63) is 29.3 Å². The molecule has 0 aromatic heterocycles. The Balaban J connectivity index is 2.56. The molecule has 0 aliphatic heterocycles. The first-order chi connectivity index (χ1) is 14.1. The summed E-state index contributed by atoms with van der Waals surface area (Å²) in [5.41, 5.74) is 2.27. The summed E-state index contributed by atoms with van der Waals surface area (Å²) in [6.45, 7) is 18.2. The Labute approximate surface area is 178 Å². The van der Waals surface area contributed by atoms with Crippen LogP contribution in [0.3, 0.4) is 0 Å². The average Bonchev–Trinajstić information content (AvgIpc) is 2.73. The summed E-state index contributed by atoms with van der Waals surface area (Å²) in [6.07, 6.45) is 2.33. The molecule has 0 saturated heterocycles. The molecule has 0 radical (unpaired) electrons. The molecular weight excluding hydrogens is 364 g/mol. The number of aryl methyl sites for hydroxylation is 1. The molecule has 29 heavy (non-hydrogen) atoms. The second kappa shape index (κ2) is 16.1. The number of guanidine groups is 1. The van der Waals surface area contributed by atoms with Crippen molar-refractivity contribution in [2.24, 2.45) is 4.99 Å². The number of rotatable bonds is 15. The number of hydrogen-bond donors (Lipinski definition) is 2.